The Hall–Kier alpha value is -3.41. The maximum absolute atomic E-state index is 11.3. The van der Waals surface area contributed by atoms with E-state index in [0.29, 0.717) is 5.69 Å². The molecule has 26 heavy (non-hydrogen) atoms. The third-order valence-corrected chi connectivity index (χ3v) is 4.27. The van der Waals surface area contributed by atoms with E-state index in [1.165, 1.54) is 19.0 Å². The second-order valence-corrected chi connectivity index (χ2v) is 5.99. The van der Waals surface area contributed by atoms with Gasteiger partial charge in [-0.05, 0) is 36.3 Å². The zero-order valence-corrected chi connectivity index (χ0v) is 14.1. The number of nitrogens with one attached hydrogen (secondary N) is 2. The number of anilines is 2. The molecule has 2 aromatic rings. The molecule has 0 spiro atoms. The van der Waals surface area contributed by atoms with Crippen LogP contribution in [0.5, 0.6) is 0 Å². The minimum Gasteiger partial charge on any atom is -0.478 e. The Kier molecular flexibility index (Phi) is 5.43. The predicted octanol–water partition coefficient (Wildman–Crippen LogP) is 2.25. The van der Waals surface area contributed by atoms with Gasteiger partial charge in [0.25, 0.3) is 0 Å². The molecule has 0 atom stereocenters. The van der Waals surface area contributed by atoms with E-state index in [4.69, 9.17) is 0 Å². The van der Waals surface area contributed by atoms with Gasteiger partial charge >= 0.3 is 5.97 Å². The van der Waals surface area contributed by atoms with Gasteiger partial charge in [0.1, 0.15) is 11.6 Å². The van der Waals surface area contributed by atoms with Crippen molar-refractivity contribution in [2.45, 2.75) is 25.7 Å². The summed E-state index contributed by atoms with van der Waals surface area (Å²) < 4.78 is 0. The van der Waals surface area contributed by atoms with Crippen LogP contribution in [0.15, 0.2) is 24.4 Å². The van der Waals surface area contributed by atoms with Crippen molar-refractivity contribution in [3.05, 3.63) is 35.8 Å². The van der Waals surface area contributed by atoms with Crippen LogP contribution in [0.25, 0.3) is 5.57 Å². The number of aromatic amines is 1. The molecule has 0 saturated carbocycles. The minimum atomic E-state index is -1.00. The van der Waals surface area contributed by atoms with Gasteiger partial charge in [0, 0.05) is 19.3 Å². The number of H-pyrrole nitrogens is 1. The lowest BCUT2D eigenvalue weighted by molar-refractivity contribution is 0.0697. The standard InChI is InChI=1S/C17H19N7O2/c18-10-13(16-20-22-23-21-16)11-19-14-9-12(17(25)26)5-6-15(14)24-7-3-1-2-4-8-24/h5-6,9,11,19H,1-4,7-8H2,(H,25,26)(H,20,21,22,23). The number of carboxylic acids is 1. The van der Waals surface area contributed by atoms with E-state index in [-0.39, 0.29) is 17.0 Å². The molecule has 2 heterocycles. The molecule has 1 aromatic carbocycles. The maximum atomic E-state index is 11.3. The van der Waals surface area contributed by atoms with Gasteiger partial charge in [-0.3, -0.25) is 0 Å². The molecule has 1 aliphatic rings. The Morgan fingerprint density at radius 3 is 2.69 bits per heavy atom. The summed E-state index contributed by atoms with van der Waals surface area (Å²) in [7, 11) is 0. The van der Waals surface area contributed by atoms with Crippen LogP contribution in [0, 0.1) is 11.3 Å². The van der Waals surface area contributed by atoms with Gasteiger partial charge in [-0.25, -0.2) is 4.79 Å². The van der Waals surface area contributed by atoms with Crippen LogP contribution in [0.3, 0.4) is 0 Å². The van der Waals surface area contributed by atoms with E-state index < -0.39 is 5.97 Å². The van der Waals surface area contributed by atoms with Gasteiger partial charge in [0.2, 0.25) is 5.82 Å². The molecule has 3 N–H and O–H groups in total. The van der Waals surface area contributed by atoms with Gasteiger partial charge in [-0.1, -0.05) is 12.8 Å². The topological polar surface area (TPSA) is 131 Å². The molecule has 0 unspecified atom stereocenters. The average Bonchev–Trinajstić information content (AvgIpc) is 3.04. The molecule has 1 aromatic heterocycles. The highest BCUT2D eigenvalue weighted by Crippen LogP contribution is 2.30. The second kappa shape index (κ2) is 8.11. The van der Waals surface area contributed by atoms with Crippen LogP contribution in [-0.2, 0) is 0 Å². The fraction of sp³-hybridized carbons (Fsp3) is 0.353. The Morgan fingerprint density at radius 2 is 2.08 bits per heavy atom. The summed E-state index contributed by atoms with van der Waals surface area (Å²) in [6.45, 7) is 1.83. The first-order chi connectivity index (χ1) is 12.7. The number of allylic oxidation sites excluding steroid dienone is 1. The normalized spacial score (nSPS) is 15.2. The summed E-state index contributed by atoms with van der Waals surface area (Å²) >= 11 is 0. The highest BCUT2D eigenvalue weighted by atomic mass is 16.4. The third kappa shape index (κ3) is 3.97. The smallest absolute Gasteiger partial charge is 0.335 e. The van der Waals surface area contributed by atoms with Crippen molar-refractivity contribution < 1.29 is 9.90 Å². The predicted molar refractivity (Wildman–Crippen MR) is 95.5 cm³/mol. The van der Waals surface area contributed by atoms with E-state index >= 15 is 0 Å². The summed E-state index contributed by atoms with van der Waals surface area (Å²) in [5.74, 6) is -0.830. The molecule has 1 fully saturated rings. The quantitative estimate of drug-likeness (QED) is 0.698. The molecule has 0 radical (unpaired) electrons. The largest absolute Gasteiger partial charge is 0.478 e. The SMILES string of the molecule is N#CC(=CNc1cc(C(=O)O)ccc1N1CCCCCC1)c1nn[nH]n1. The monoisotopic (exact) mass is 353 g/mol. The number of aromatic nitrogens is 4. The molecule has 0 aliphatic carbocycles. The zero-order chi connectivity index (χ0) is 18.4. The van der Waals surface area contributed by atoms with Crippen molar-refractivity contribution in [1.29, 1.82) is 5.26 Å². The van der Waals surface area contributed by atoms with Crippen LogP contribution in [0.2, 0.25) is 0 Å². The molecule has 9 nitrogen and oxygen atoms in total. The maximum Gasteiger partial charge on any atom is 0.335 e. The van der Waals surface area contributed by atoms with Crippen molar-refractivity contribution in [3.63, 3.8) is 0 Å². The average molecular weight is 353 g/mol. The molecular weight excluding hydrogens is 334 g/mol. The number of aromatic carboxylic acids is 1. The van der Waals surface area contributed by atoms with Gasteiger partial charge in [-0.2, -0.15) is 10.5 Å². The molecule has 1 saturated heterocycles. The number of benzene rings is 1. The van der Waals surface area contributed by atoms with E-state index in [2.05, 4.69) is 30.8 Å². The molecule has 0 amide bonds. The number of rotatable bonds is 5. The molecular formula is C17H19N7O2. The number of hydrogen-bond acceptors (Lipinski definition) is 7. The molecule has 9 heteroatoms. The van der Waals surface area contributed by atoms with E-state index in [1.807, 2.05) is 12.1 Å². The second-order valence-electron chi connectivity index (χ2n) is 5.99. The minimum absolute atomic E-state index is 0.172. The highest BCUT2D eigenvalue weighted by molar-refractivity contribution is 5.91. The summed E-state index contributed by atoms with van der Waals surface area (Å²) in [6, 6.07) is 6.99. The van der Waals surface area contributed by atoms with Crippen molar-refractivity contribution in [1.82, 2.24) is 20.6 Å². The van der Waals surface area contributed by atoms with Crippen LogP contribution in [0.1, 0.15) is 41.9 Å². The van der Waals surface area contributed by atoms with Crippen molar-refractivity contribution >= 4 is 22.9 Å². The summed E-state index contributed by atoms with van der Waals surface area (Å²) in [5.41, 5.74) is 1.92. The number of carbonyl (C=O) groups is 1. The Bertz CT molecular complexity index is 831. The molecule has 1 aliphatic heterocycles. The lowest BCUT2D eigenvalue weighted by atomic mass is 10.1. The van der Waals surface area contributed by atoms with Gasteiger partial charge in [0.15, 0.2) is 0 Å². The fourth-order valence-electron chi connectivity index (χ4n) is 2.94. The van der Waals surface area contributed by atoms with Crippen molar-refractivity contribution in [3.8, 4) is 6.07 Å². The molecule has 0 bridgehead atoms. The number of nitriles is 1. The van der Waals surface area contributed by atoms with Crippen LogP contribution in [0.4, 0.5) is 11.4 Å². The lowest BCUT2D eigenvalue weighted by Gasteiger charge is -2.25. The van der Waals surface area contributed by atoms with Crippen LogP contribution < -0.4 is 10.2 Å². The lowest BCUT2D eigenvalue weighted by Crippen LogP contribution is -2.24. The van der Waals surface area contributed by atoms with E-state index in [0.717, 1.165) is 31.6 Å². The van der Waals surface area contributed by atoms with Crippen molar-refractivity contribution in [2.75, 3.05) is 23.3 Å². The summed E-state index contributed by atoms with van der Waals surface area (Å²) in [6.07, 6.45) is 6.06. The molecule has 3 rings (SSSR count). The number of nitrogens with zero attached hydrogens (tertiary/aromatic N) is 5. The van der Waals surface area contributed by atoms with Crippen molar-refractivity contribution in [2.24, 2.45) is 0 Å². The summed E-state index contributed by atoms with van der Waals surface area (Å²) in [4.78, 5) is 13.6. The zero-order valence-electron chi connectivity index (χ0n) is 14.1. The number of carboxylic acid groups (broad SMARTS) is 1. The highest BCUT2D eigenvalue weighted by Gasteiger charge is 2.16. The number of hydrogen-bond donors (Lipinski definition) is 3. The Morgan fingerprint density at radius 1 is 1.31 bits per heavy atom. The van der Waals surface area contributed by atoms with Crippen LogP contribution >= 0.6 is 0 Å². The summed E-state index contributed by atoms with van der Waals surface area (Å²) in [5, 5.41) is 35.0. The Balaban J connectivity index is 1.93. The first kappa shape index (κ1) is 17.4. The third-order valence-electron chi connectivity index (χ3n) is 4.27. The van der Waals surface area contributed by atoms with Crippen LogP contribution in [-0.4, -0.2) is 44.8 Å². The van der Waals surface area contributed by atoms with Gasteiger partial charge < -0.3 is 15.3 Å². The first-order valence-electron chi connectivity index (χ1n) is 8.42. The molecule has 134 valence electrons. The van der Waals surface area contributed by atoms with E-state index in [1.54, 1.807) is 12.1 Å². The Labute approximate surface area is 150 Å². The first-order valence-corrected chi connectivity index (χ1v) is 8.42. The van der Waals surface area contributed by atoms with Gasteiger partial charge in [-0.15, -0.1) is 10.2 Å². The van der Waals surface area contributed by atoms with E-state index in [9.17, 15) is 15.2 Å². The number of tetrazole rings is 1. The van der Waals surface area contributed by atoms with Gasteiger partial charge in [0.05, 0.1) is 16.9 Å². The fourth-order valence-corrected chi connectivity index (χ4v) is 2.94.